The van der Waals surface area contributed by atoms with E-state index in [1.54, 1.807) is 38.3 Å². The number of aromatic hydroxyl groups is 1. The van der Waals surface area contributed by atoms with Gasteiger partial charge in [0.05, 0.1) is 24.8 Å². The van der Waals surface area contributed by atoms with E-state index in [0.717, 1.165) is 17.7 Å². The highest BCUT2D eigenvalue weighted by molar-refractivity contribution is 6.32. The fourth-order valence-electron chi connectivity index (χ4n) is 4.45. The van der Waals surface area contributed by atoms with Crippen molar-refractivity contribution in [2.75, 3.05) is 14.2 Å². The molecule has 8 heteroatoms. The van der Waals surface area contributed by atoms with E-state index in [-0.39, 0.29) is 28.9 Å². The fraction of sp³-hybridized carbons (Fsp3) is 0.308. The highest BCUT2D eigenvalue weighted by atomic mass is 35.5. The number of rotatable bonds is 6. The molecule has 4 rings (SSSR count). The molecule has 1 aliphatic carbocycles. The Labute approximate surface area is 203 Å². The van der Waals surface area contributed by atoms with Crippen molar-refractivity contribution in [3.63, 3.8) is 0 Å². The molecule has 34 heavy (non-hydrogen) atoms. The second-order valence-electron chi connectivity index (χ2n) is 8.24. The molecule has 0 bridgehead atoms. The number of halogens is 1. The second kappa shape index (κ2) is 9.81. The molecule has 178 valence electrons. The number of nitrogens with one attached hydrogen (secondary N) is 1. The Hall–Kier alpha value is -3.45. The van der Waals surface area contributed by atoms with Crippen LogP contribution in [0.2, 0.25) is 5.02 Å². The first-order chi connectivity index (χ1) is 16.3. The Morgan fingerprint density at radius 1 is 1.15 bits per heavy atom. The van der Waals surface area contributed by atoms with Gasteiger partial charge in [-0.15, -0.1) is 0 Å². The predicted octanol–water partition coefficient (Wildman–Crippen LogP) is 4.77. The monoisotopic (exact) mass is 483 g/mol. The quantitative estimate of drug-likeness (QED) is 0.571. The number of esters is 1. The van der Waals surface area contributed by atoms with Gasteiger partial charge in [-0.3, -0.25) is 4.79 Å². The number of dihydropyridines is 1. The third kappa shape index (κ3) is 4.48. The van der Waals surface area contributed by atoms with Crippen molar-refractivity contribution in [2.45, 2.75) is 38.7 Å². The largest absolute Gasteiger partial charge is 0.503 e. The molecule has 7 nitrogen and oxygen atoms in total. The van der Waals surface area contributed by atoms with Crippen LogP contribution in [0.25, 0.3) is 0 Å². The van der Waals surface area contributed by atoms with Gasteiger partial charge in [0.1, 0.15) is 12.4 Å². The molecular formula is C26H26ClNO6. The number of hydrogen-bond donors (Lipinski definition) is 2. The first-order valence-electron chi connectivity index (χ1n) is 10.9. The van der Waals surface area contributed by atoms with Crippen LogP contribution in [-0.2, 0) is 20.9 Å². The zero-order valence-electron chi connectivity index (χ0n) is 19.2. The lowest BCUT2D eigenvalue weighted by Crippen LogP contribution is -2.34. The van der Waals surface area contributed by atoms with Gasteiger partial charge in [0.2, 0.25) is 0 Å². The molecule has 1 unspecified atom stereocenters. The van der Waals surface area contributed by atoms with Crippen LogP contribution in [0.4, 0.5) is 0 Å². The van der Waals surface area contributed by atoms with Gasteiger partial charge in [-0.1, -0.05) is 23.7 Å². The van der Waals surface area contributed by atoms with Crippen LogP contribution in [0.5, 0.6) is 17.2 Å². The van der Waals surface area contributed by atoms with E-state index in [1.165, 1.54) is 7.11 Å². The van der Waals surface area contributed by atoms with Crippen LogP contribution in [-0.4, -0.2) is 31.1 Å². The maximum atomic E-state index is 13.4. The van der Waals surface area contributed by atoms with Gasteiger partial charge in [0, 0.05) is 29.3 Å². The molecule has 0 spiro atoms. The summed E-state index contributed by atoms with van der Waals surface area (Å²) >= 11 is 6.27. The number of Topliss-reactive ketones (excluding diaryl/α,β-unsaturated/α-hetero) is 1. The van der Waals surface area contributed by atoms with E-state index >= 15 is 0 Å². The van der Waals surface area contributed by atoms with Gasteiger partial charge in [-0.05, 0) is 55.2 Å². The lowest BCUT2D eigenvalue weighted by Gasteiger charge is -2.34. The van der Waals surface area contributed by atoms with Crippen LogP contribution in [0.3, 0.4) is 0 Å². The van der Waals surface area contributed by atoms with Crippen LogP contribution < -0.4 is 14.8 Å². The Morgan fingerprint density at radius 2 is 1.88 bits per heavy atom. The normalized spacial score (nSPS) is 17.8. The number of methoxy groups -OCH3 is 2. The Balaban J connectivity index is 1.72. The maximum Gasteiger partial charge on any atom is 0.337 e. The van der Waals surface area contributed by atoms with Gasteiger partial charge in [-0.25, -0.2) is 4.79 Å². The molecule has 0 aromatic heterocycles. The van der Waals surface area contributed by atoms with Gasteiger partial charge in [0.15, 0.2) is 17.3 Å². The number of carbonyl (C=O) groups is 2. The first kappa shape index (κ1) is 23.7. The molecule has 0 saturated heterocycles. The molecule has 2 aromatic carbocycles. The molecule has 1 heterocycles. The van der Waals surface area contributed by atoms with E-state index in [0.29, 0.717) is 41.0 Å². The number of benzene rings is 2. The summed E-state index contributed by atoms with van der Waals surface area (Å²) in [7, 11) is 3.00. The van der Waals surface area contributed by atoms with E-state index in [2.05, 4.69) is 5.32 Å². The molecule has 0 radical (unpaired) electrons. The third-order valence-electron chi connectivity index (χ3n) is 6.13. The minimum Gasteiger partial charge on any atom is -0.503 e. The van der Waals surface area contributed by atoms with Crippen LogP contribution >= 0.6 is 11.6 Å². The van der Waals surface area contributed by atoms with E-state index in [9.17, 15) is 14.7 Å². The van der Waals surface area contributed by atoms with Crippen LogP contribution in [0, 0.1) is 0 Å². The summed E-state index contributed by atoms with van der Waals surface area (Å²) in [6, 6.07) is 10.4. The van der Waals surface area contributed by atoms with E-state index in [4.69, 9.17) is 25.8 Å². The topological polar surface area (TPSA) is 94.1 Å². The molecule has 1 atom stereocenters. The molecule has 2 aromatic rings. The zero-order valence-corrected chi connectivity index (χ0v) is 20.0. The van der Waals surface area contributed by atoms with Crippen molar-refractivity contribution in [1.82, 2.24) is 5.32 Å². The lowest BCUT2D eigenvalue weighted by molar-refractivity contribution is -0.140. The van der Waals surface area contributed by atoms with Crippen LogP contribution in [0.1, 0.15) is 43.2 Å². The molecule has 0 fully saturated rings. The zero-order chi connectivity index (χ0) is 24.4. The summed E-state index contributed by atoms with van der Waals surface area (Å²) in [6.45, 7) is 1.85. The minimum absolute atomic E-state index is 0.0325. The fourth-order valence-corrected chi connectivity index (χ4v) is 4.67. The van der Waals surface area contributed by atoms with E-state index in [1.807, 2.05) is 12.1 Å². The summed E-state index contributed by atoms with van der Waals surface area (Å²) in [5, 5.41) is 13.5. The Bertz CT molecular complexity index is 1200. The third-order valence-corrected chi connectivity index (χ3v) is 6.42. The summed E-state index contributed by atoms with van der Waals surface area (Å²) in [5.41, 5.74) is 3.63. The van der Waals surface area contributed by atoms with Gasteiger partial charge in [-0.2, -0.15) is 0 Å². The van der Waals surface area contributed by atoms with Gasteiger partial charge in [0.25, 0.3) is 0 Å². The predicted molar refractivity (Wildman–Crippen MR) is 127 cm³/mol. The molecular weight excluding hydrogens is 458 g/mol. The number of phenolic OH excluding ortho intramolecular Hbond substituents is 1. The number of phenols is 1. The average Bonchev–Trinajstić information content (AvgIpc) is 2.83. The highest BCUT2D eigenvalue weighted by Crippen LogP contribution is 2.46. The smallest absolute Gasteiger partial charge is 0.337 e. The van der Waals surface area contributed by atoms with Gasteiger partial charge < -0.3 is 24.6 Å². The molecule has 2 aliphatic rings. The number of ether oxygens (including phenoxy) is 3. The summed E-state index contributed by atoms with van der Waals surface area (Å²) in [4.78, 5) is 26.4. The summed E-state index contributed by atoms with van der Waals surface area (Å²) in [6.07, 6.45) is 1.83. The summed E-state index contributed by atoms with van der Waals surface area (Å²) in [5.74, 6) is -0.600. The number of allylic oxidation sites excluding steroid dienone is 3. The van der Waals surface area contributed by atoms with Crippen LogP contribution in [0.15, 0.2) is 58.9 Å². The van der Waals surface area contributed by atoms with Crippen molar-refractivity contribution < 1.29 is 28.9 Å². The molecule has 1 aliphatic heterocycles. The van der Waals surface area contributed by atoms with E-state index < -0.39 is 11.9 Å². The average molecular weight is 484 g/mol. The molecule has 0 amide bonds. The van der Waals surface area contributed by atoms with Crippen molar-refractivity contribution in [1.29, 1.82) is 0 Å². The highest BCUT2D eigenvalue weighted by Gasteiger charge is 2.39. The van der Waals surface area contributed by atoms with Crippen molar-refractivity contribution in [3.05, 3.63) is 75.1 Å². The molecule has 0 saturated carbocycles. The van der Waals surface area contributed by atoms with Crippen molar-refractivity contribution in [2.24, 2.45) is 0 Å². The molecule has 2 N–H and O–H groups in total. The van der Waals surface area contributed by atoms with Crippen molar-refractivity contribution >= 4 is 23.4 Å². The Kier molecular flexibility index (Phi) is 6.84. The minimum atomic E-state index is -0.695. The number of ketones is 1. The lowest BCUT2D eigenvalue weighted by atomic mass is 9.75. The number of hydrogen-bond acceptors (Lipinski definition) is 7. The Morgan fingerprint density at radius 3 is 2.56 bits per heavy atom. The van der Waals surface area contributed by atoms with Gasteiger partial charge >= 0.3 is 5.97 Å². The van der Waals surface area contributed by atoms with Crippen molar-refractivity contribution in [3.8, 4) is 17.2 Å². The first-order valence-corrected chi connectivity index (χ1v) is 11.3. The second-order valence-corrected chi connectivity index (χ2v) is 8.65. The summed E-state index contributed by atoms with van der Waals surface area (Å²) < 4.78 is 16.1. The SMILES string of the molecule is COc1ccc(COC(=O)C2=C(C)NC3=C(C(=O)CCC3)C2c2cc(Cl)c(O)c(OC)c2)cc1. The standard InChI is InChI=1S/C26H26ClNO6/c1-14-22(26(31)34-13-15-7-9-17(32-2)10-8-15)23(24-19(28-14)5-4-6-20(24)29)16-11-18(27)25(30)21(12-16)33-3/h7-12,23,28,30H,4-6,13H2,1-3H3. The number of carbonyl (C=O) groups excluding carboxylic acids is 2. The maximum absolute atomic E-state index is 13.4.